The number of hydrogen-bond acceptors (Lipinski definition) is 4. The lowest BCUT2D eigenvalue weighted by atomic mass is 9.75. The van der Waals surface area contributed by atoms with Gasteiger partial charge in [0.2, 0.25) is 0 Å². The molecule has 0 saturated carbocycles. The summed E-state index contributed by atoms with van der Waals surface area (Å²) in [5.74, 6) is -2.67. The number of allylic oxidation sites excluding steroid dienone is 2. The summed E-state index contributed by atoms with van der Waals surface area (Å²) < 4.78 is 5.07. The zero-order chi connectivity index (χ0) is 13.3. The van der Waals surface area contributed by atoms with E-state index < -0.39 is 17.6 Å². The SMILES string of the molecule is COC1=C(C)C(=O)C(C(=O)C(C)C)C(=O)C1C. The Balaban J connectivity index is 3.23. The molecule has 4 heteroatoms. The molecule has 0 aliphatic heterocycles. The molecule has 0 heterocycles. The maximum atomic E-state index is 12.0. The lowest BCUT2D eigenvalue weighted by Gasteiger charge is -2.27. The first-order chi connectivity index (χ1) is 7.82. The molecule has 2 atom stereocenters. The molecule has 0 aromatic heterocycles. The first-order valence-corrected chi connectivity index (χ1v) is 5.69. The van der Waals surface area contributed by atoms with E-state index in [0.717, 1.165) is 0 Å². The number of carbonyl (C=O) groups excluding carboxylic acids is 3. The minimum Gasteiger partial charge on any atom is -0.500 e. The Kier molecular flexibility index (Phi) is 3.86. The Morgan fingerprint density at radius 2 is 1.82 bits per heavy atom. The molecule has 0 saturated heterocycles. The summed E-state index contributed by atoms with van der Waals surface area (Å²) in [6.07, 6.45) is 0. The summed E-state index contributed by atoms with van der Waals surface area (Å²) in [5, 5.41) is 0. The van der Waals surface area contributed by atoms with Crippen molar-refractivity contribution in [1.82, 2.24) is 0 Å². The highest BCUT2D eigenvalue weighted by Crippen LogP contribution is 2.30. The van der Waals surface area contributed by atoms with E-state index in [1.807, 2.05) is 0 Å². The average Bonchev–Trinajstić information content (AvgIpc) is 2.27. The van der Waals surface area contributed by atoms with Crippen molar-refractivity contribution in [3.05, 3.63) is 11.3 Å². The normalized spacial score (nSPS) is 25.5. The highest BCUT2D eigenvalue weighted by Gasteiger charge is 2.44. The molecule has 2 unspecified atom stereocenters. The largest absolute Gasteiger partial charge is 0.500 e. The van der Waals surface area contributed by atoms with Gasteiger partial charge in [0.15, 0.2) is 17.3 Å². The second-order valence-corrected chi connectivity index (χ2v) is 4.67. The van der Waals surface area contributed by atoms with E-state index in [1.54, 1.807) is 27.7 Å². The summed E-state index contributed by atoms with van der Waals surface area (Å²) in [4.78, 5) is 36.0. The summed E-state index contributed by atoms with van der Waals surface area (Å²) in [7, 11) is 1.43. The minimum absolute atomic E-state index is 0.304. The van der Waals surface area contributed by atoms with Gasteiger partial charge in [-0.1, -0.05) is 13.8 Å². The van der Waals surface area contributed by atoms with Crippen LogP contribution in [0.5, 0.6) is 0 Å². The molecule has 17 heavy (non-hydrogen) atoms. The van der Waals surface area contributed by atoms with Gasteiger partial charge >= 0.3 is 0 Å². The fourth-order valence-corrected chi connectivity index (χ4v) is 2.10. The molecule has 94 valence electrons. The van der Waals surface area contributed by atoms with Crippen LogP contribution in [0.1, 0.15) is 27.7 Å². The van der Waals surface area contributed by atoms with Crippen LogP contribution in [0.15, 0.2) is 11.3 Å². The van der Waals surface area contributed by atoms with Crippen molar-refractivity contribution < 1.29 is 19.1 Å². The summed E-state index contributed by atoms with van der Waals surface area (Å²) in [6, 6.07) is 0. The molecule has 0 bridgehead atoms. The molecule has 1 aliphatic carbocycles. The third kappa shape index (κ3) is 2.16. The van der Waals surface area contributed by atoms with E-state index in [1.165, 1.54) is 7.11 Å². The minimum atomic E-state index is -1.14. The Morgan fingerprint density at radius 1 is 1.29 bits per heavy atom. The highest BCUT2D eigenvalue weighted by atomic mass is 16.5. The zero-order valence-electron chi connectivity index (χ0n) is 10.9. The van der Waals surface area contributed by atoms with Crippen LogP contribution in [-0.4, -0.2) is 24.5 Å². The van der Waals surface area contributed by atoms with Gasteiger partial charge < -0.3 is 4.74 Å². The van der Waals surface area contributed by atoms with E-state index in [0.29, 0.717) is 11.3 Å². The molecular weight excluding hydrogens is 220 g/mol. The van der Waals surface area contributed by atoms with Crippen molar-refractivity contribution in [2.24, 2.45) is 17.8 Å². The topological polar surface area (TPSA) is 60.4 Å². The van der Waals surface area contributed by atoms with Crippen molar-refractivity contribution in [3.8, 4) is 0 Å². The van der Waals surface area contributed by atoms with Gasteiger partial charge in [0, 0.05) is 11.5 Å². The predicted molar refractivity (Wildman–Crippen MR) is 62.2 cm³/mol. The van der Waals surface area contributed by atoms with Crippen LogP contribution in [-0.2, 0) is 19.1 Å². The van der Waals surface area contributed by atoms with Crippen LogP contribution in [0.2, 0.25) is 0 Å². The number of ether oxygens (including phenoxy) is 1. The average molecular weight is 238 g/mol. The summed E-state index contributed by atoms with van der Waals surface area (Å²) in [5.41, 5.74) is 0.388. The molecule has 0 spiro atoms. The van der Waals surface area contributed by atoms with Gasteiger partial charge in [-0.15, -0.1) is 0 Å². The third-order valence-electron chi connectivity index (χ3n) is 3.18. The Morgan fingerprint density at radius 3 is 2.24 bits per heavy atom. The van der Waals surface area contributed by atoms with Crippen LogP contribution in [0.25, 0.3) is 0 Å². The third-order valence-corrected chi connectivity index (χ3v) is 3.18. The lowest BCUT2D eigenvalue weighted by Crippen LogP contribution is -2.42. The second-order valence-electron chi connectivity index (χ2n) is 4.67. The van der Waals surface area contributed by atoms with Gasteiger partial charge in [-0.05, 0) is 13.8 Å². The number of Topliss-reactive ketones (excluding diaryl/α,β-unsaturated/α-hetero) is 3. The number of carbonyl (C=O) groups is 3. The van der Waals surface area contributed by atoms with Gasteiger partial charge in [0.25, 0.3) is 0 Å². The van der Waals surface area contributed by atoms with Crippen LogP contribution in [0, 0.1) is 17.8 Å². The molecule has 0 aromatic rings. The number of methoxy groups -OCH3 is 1. The molecule has 0 aromatic carbocycles. The van der Waals surface area contributed by atoms with Gasteiger partial charge in [-0.3, -0.25) is 14.4 Å². The molecular formula is C13H18O4. The van der Waals surface area contributed by atoms with E-state index in [2.05, 4.69) is 0 Å². The fraction of sp³-hybridized carbons (Fsp3) is 0.615. The molecule has 1 rings (SSSR count). The van der Waals surface area contributed by atoms with E-state index >= 15 is 0 Å². The summed E-state index contributed by atoms with van der Waals surface area (Å²) >= 11 is 0. The summed E-state index contributed by atoms with van der Waals surface area (Å²) in [6.45, 7) is 6.65. The van der Waals surface area contributed by atoms with Crippen molar-refractivity contribution >= 4 is 17.3 Å². The Bertz CT molecular complexity index is 404. The first-order valence-electron chi connectivity index (χ1n) is 5.69. The Hall–Kier alpha value is -1.45. The van der Waals surface area contributed by atoms with Gasteiger partial charge in [0.05, 0.1) is 13.0 Å². The fourth-order valence-electron chi connectivity index (χ4n) is 2.10. The second kappa shape index (κ2) is 4.82. The molecule has 0 radical (unpaired) electrons. The predicted octanol–water partition coefficient (Wildman–Crippen LogP) is 1.54. The molecule has 0 N–H and O–H groups in total. The molecule has 0 amide bonds. The van der Waals surface area contributed by atoms with Crippen LogP contribution >= 0.6 is 0 Å². The van der Waals surface area contributed by atoms with Gasteiger partial charge in [-0.25, -0.2) is 0 Å². The molecule has 0 fully saturated rings. The smallest absolute Gasteiger partial charge is 0.179 e. The van der Waals surface area contributed by atoms with Crippen molar-refractivity contribution in [1.29, 1.82) is 0 Å². The molecule has 1 aliphatic rings. The molecule has 4 nitrogen and oxygen atoms in total. The standard InChI is InChI=1S/C13H18O4/c1-6(2)10(14)9-11(15)7(3)13(17-5)8(4)12(9)16/h6-7,9H,1-5H3. The monoisotopic (exact) mass is 238 g/mol. The quantitative estimate of drug-likeness (QED) is 0.700. The van der Waals surface area contributed by atoms with Gasteiger partial charge in [0.1, 0.15) is 11.7 Å². The first kappa shape index (κ1) is 13.6. The Labute approximate surface area is 101 Å². The maximum Gasteiger partial charge on any atom is 0.179 e. The van der Waals surface area contributed by atoms with E-state index in [9.17, 15) is 14.4 Å². The van der Waals surface area contributed by atoms with Crippen molar-refractivity contribution in [2.45, 2.75) is 27.7 Å². The highest BCUT2D eigenvalue weighted by molar-refractivity contribution is 6.26. The van der Waals surface area contributed by atoms with E-state index in [4.69, 9.17) is 4.74 Å². The van der Waals surface area contributed by atoms with Gasteiger partial charge in [-0.2, -0.15) is 0 Å². The van der Waals surface area contributed by atoms with Crippen LogP contribution in [0.3, 0.4) is 0 Å². The maximum absolute atomic E-state index is 12.0. The van der Waals surface area contributed by atoms with Crippen molar-refractivity contribution in [3.63, 3.8) is 0 Å². The van der Waals surface area contributed by atoms with Crippen LogP contribution < -0.4 is 0 Å². The number of ketones is 3. The zero-order valence-corrected chi connectivity index (χ0v) is 10.9. The van der Waals surface area contributed by atoms with Crippen molar-refractivity contribution in [2.75, 3.05) is 7.11 Å². The van der Waals surface area contributed by atoms with E-state index in [-0.39, 0.29) is 17.5 Å². The number of rotatable bonds is 3. The van der Waals surface area contributed by atoms with Crippen LogP contribution in [0.4, 0.5) is 0 Å². The lowest BCUT2D eigenvalue weighted by molar-refractivity contribution is -0.142. The number of hydrogen-bond donors (Lipinski definition) is 0.